The monoisotopic (exact) mass is 386 g/mol. The van der Waals surface area contributed by atoms with Gasteiger partial charge in [0.05, 0.1) is 25.0 Å². The Bertz CT molecular complexity index is 850. The summed E-state index contributed by atoms with van der Waals surface area (Å²) in [4.78, 5) is 31.5. The van der Waals surface area contributed by atoms with Gasteiger partial charge in [-0.25, -0.2) is 9.37 Å². The smallest absolute Gasteiger partial charge is 0.257 e. The topological polar surface area (TPSA) is 74.7 Å². The zero-order chi connectivity index (χ0) is 19.5. The van der Waals surface area contributed by atoms with Crippen molar-refractivity contribution >= 4 is 17.7 Å². The molecule has 2 saturated heterocycles. The van der Waals surface area contributed by atoms with E-state index in [-0.39, 0.29) is 11.5 Å². The van der Waals surface area contributed by atoms with E-state index in [0.717, 1.165) is 36.7 Å². The van der Waals surface area contributed by atoms with Gasteiger partial charge in [-0.1, -0.05) is 0 Å². The summed E-state index contributed by atoms with van der Waals surface area (Å²) in [7, 11) is 0. The fourth-order valence-corrected chi connectivity index (χ4v) is 3.46. The number of aromatic nitrogens is 3. The number of pyridine rings is 1. The summed E-state index contributed by atoms with van der Waals surface area (Å²) in [5.74, 6) is 0.691. The Hall–Kier alpha value is -2.81. The lowest BCUT2D eigenvalue weighted by atomic mass is 10.2. The largest absolute Gasteiger partial charge is 0.378 e. The first-order chi connectivity index (χ1) is 13.6. The van der Waals surface area contributed by atoms with Crippen molar-refractivity contribution in [2.24, 2.45) is 0 Å². The van der Waals surface area contributed by atoms with Gasteiger partial charge < -0.3 is 19.4 Å². The van der Waals surface area contributed by atoms with E-state index < -0.39 is 5.82 Å². The van der Waals surface area contributed by atoms with Crippen LogP contribution in [0.4, 0.5) is 16.2 Å². The Morgan fingerprint density at radius 1 is 1.07 bits per heavy atom. The number of morpholine rings is 1. The minimum Gasteiger partial charge on any atom is -0.378 e. The van der Waals surface area contributed by atoms with Crippen LogP contribution in [0, 0.1) is 12.7 Å². The number of anilines is 2. The van der Waals surface area contributed by atoms with Gasteiger partial charge in [0.1, 0.15) is 5.82 Å². The molecule has 8 nitrogen and oxygen atoms in total. The van der Waals surface area contributed by atoms with E-state index in [1.54, 1.807) is 4.90 Å². The van der Waals surface area contributed by atoms with Crippen LogP contribution < -0.4 is 9.80 Å². The molecule has 0 unspecified atom stereocenters. The number of piperazine rings is 1. The van der Waals surface area contributed by atoms with E-state index in [0.29, 0.717) is 39.4 Å². The molecule has 0 N–H and O–H groups in total. The summed E-state index contributed by atoms with van der Waals surface area (Å²) in [5, 5.41) is 0. The molecule has 0 bridgehead atoms. The summed E-state index contributed by atoms with van der Waals surface area (Å²) in [5.41, 5.74) is 0.972. The van der Waals surface area contributed by atoms with Crippen LogP contribution in [0.25, 0.3) is 0 Å². The van der Waals surface area contributed by atoms with Crippen LogP contribution in [0.1, 0.15) is 16.1 Å². The average molecular weight is 386 g/mol. The number of hydrogen-bond donors (Lipinski definition) is 0. The van der Waals surface area contributed by atoms with Crippen molar-refractivity contribution in [3.05, 3.63) is 41.6 Å². The van der Waals surface area contributed by atoms with Crippen LogP contribution in [0.3, 0.4) is 0 Å². The molecule has 9 heteroatoms. The molecule has 0 spiro atoms. The molecule has 28 heavy (non-hydrogen) atoms. The Morgan fingerprint density at radius 3 is 2.54 bits per heavy atom. The third-order valence-corrected chi connectivity index (χ3v) is 5.02. The standard InChI is InChI=1S/C19H23FN6O2/c1-14-12-17(23-19(22-14)26-8-10-28-11-9-26)24-4-6-25(7-5-24)18(27)15-2-3-21-13-16(15)20/h2-3,12-13H,4-11H2,1H3. The van der Waals surface area contributed by atoms with E-state index >= 15 is 0 Å². The van der Waals surface area contributed by atoms with Crippen molar-refractivity contribution in [3.8, 4) is 0 Å². The zero-order valence-electron chi connectivity index (χ0n) is 15.8. The van der Waals surface area contributed by atoms with Crippen molar-refractivity contribution < 1.29 is 13.9 Å². The summed E-state index contributed by atoms with van der Waals surface area (Å²) in [6, 6.07) is 3.39. The number of halogens is 1. The number of amides is 1. The summed E-state index contributed by atoms with van der Waals surface area (Å²) in [6.07, 6.45) is 2.50. The molecule has 0 atom stereocenters. The number of rotatable bonds is 3. The van der Waals surface area contributed by atoms with E-state index in [2.05, 4.69) is 19.8 Å². The second kappa shape index (κ2) is 8.05. The van der Waals surface area contributed by atoms with Crippen LogP contribution in [0.5, 0.6) is 0 Å². The number of hydrogen-bond acceptors (Lipinski definition) is 7. The van der Waals surface area contributed by atoms with Crippen LogP contribution in [-0.4, -0.2) is 78.2 Å². The molecular formula is C19H23FN6O2. The average Bonchev–Trinajstić information content (AvgIpc) is 2.74. The fourth-order valence-electron chi connectivity index (χ4n) is 3.46. The van der Waals surface area contributed by atoms with Gasteiger partial charge in [-0.3, -0.25) is 9.78 Å². The van der Waals surface area contributed by atoms with Gasteiger partial charge in [-0.2, -0.15) is 4.98 Å². The second-order valence-electron chi connectivity index (χ2n) is 6.90. The van der Waals surface area contributed by atoms with Crippen molar-refractivity contribution in [2.45, 2.75) is 6.92 Å². The van der Waals surface area contributed by atoms with Crippen molar-refractivity contribution in [1.82, 2.24) is 19.9 Å². The van der Waals surface area contributed by atoms with E-state index in [9.17, 15) is 9.18 Å². The maximum atomic E-state index is 13.9. The van der Waals surface area contributed by atoms with Crippen molar-refractivity contribution in [1.29, 1.82) is 0 Å². The van der Waals surface area contributed by atoms with E-state index in [4.69, 9.17) is 9.72 Å². The lowest BCUT2D eigenvalue weighted by molar-refractivity contribution is 0.0741. The molecule has 1 amide bonds. The molecule has 148 valence electrons. The maximum Gasteiger partial charge on any atom is 0.257 e. The number of aryl methyl sites for hydroxylation is 1. The highest BCUT2D eigenvalue weighted by atomic mass is 19.1. The highest BCUT2D eigenvalue weighted by Gasteiger charge is 2.25. The summed E-state index contributed by atoms with van der Waals surface area (Å²) < 4.78 is 19.3. The Labute approximate surface area is 163 Å². The highest BCUT2D eigenvalue weighted by Crippen LogP contribution is 2.20. The Morgan fingerprint density at radius 2 is 1.82 bits per heavy atom. The molecule has 4 heterocycles. The van der Waals surface area contributed by atoms with Crippen LogP contribution in [0.15, 0.2) is 24.5 Å². The first-order valence-electron chi connectivity index (χ1n) is 9.44. The van der Waals surface area contributed by atoms with Gasteiger partial charge in [0.25, 0.3) is 5.91 Å². The number of ether oxygens (including phenoxy) is 1. The summed E-state index contributed by atoms with van der Waals surface area (Å²) >= 11 is 0. The number of carbonyl (C=O) groups is 1. The Kier molecular flexibility index (Phi) is 5.34. The van der Waals surface area contributed by atoms with Crippen LogP contribution >= 0.6 is 0 Å². The second-order valence-corrected chi connectivity index (χ2v) is 6.90. The molecule has 2 aromatic heterocycles. The quantitative estimate of drug-likeness (QED) is 0.782. The number of carbonyl (C=O) groups excluding carboxylic acids is 1. The molecule has 2 aliphatic rings. The predicted octanol–water partition coefficient (Wildman–Crippen LogP) is 1.12. The summed E-state index contributed by atoms with van der Waals surface area (Å²) in [6.45, 7) is 7.17. The molecule has 4 rings (SSSR count). The normalized spacial score (nSPS) is 17.7. The van der Waals surface area contributed by atoms with Crippen molar-refractivity contribution in [3.63, 3.8) is 0 Å². The SMILES string of the molecule is Cc1cc(N2CCN(C(=O)c3ccncc3F)CC2)nc(N2CCOCC2)n1. The van der Waals surface area contributed by atoms with Gasteiger partial charge in [0.2, 0.25) is 5.95 Å². The molecule has 0 radical (unpaired) electrons. The van der Waals surface area contributed by atoms with Gasteiger partial charge in [-0.05, 0) is 13.0 Å². The number of nitrogens with zero attached hydrogens (tertiary/aromatic N) is 6. The van der Waals surface area contributed by atoms with E-state index in [1.807, 2.05) is 13.0 Å². The molecule has 0 saturated carbocycles. The van der Waals surface area contributed by atoms with Gasteiger partial charge in [-0.15, -0.1) is 0 Å². The minimum atomic E-state index is -0.587. The lowest BCUT2D eigenvalue weighted by Crippen LogP contribution is -2.49. The highest BCUT2D eigenvalue weighted by molar-refractivity contribution is 5.94. The predicted molar refractivity (Wildman–Crippen MR) is 102 cm³/mol. The molecule has 0 aromatic carbocycles. The molecule has 2 fully saturated rings. The van der Waals surface area contributed by atoms with Crippen LogP contribution in [-0.2, 0) is 4.74 Å². The first-order valence-corrected chi connectivity index (χ1v) is 9.44. The molecule has 2 aliphatic heterocycles. The fraction of sp³-hybridized carbons (Fsp3) is 0.474. The minimum absolute atomic E-state index is 0.0657. The van der Waals surface area contributed by atoms with E-state index in [1.165, 1.54) is 12.3 Å². The van der Waals surface area contributed by atoms with Gasteiger partial charge in [0, 0.05) is 57.2 Å². The molecule has 0 aliphatic carbocycles. The third kappa shape index (κ3) is 3.89. The lowest BCUT2D eigenvalue weighted by Gasteiger charge is -2.36. The third-order valence-electron chi connectivity index (χ3n) is 5.02. The van der Waals surface area contributed by atoms with Gasteiger partial charge in [0.15, 0.2) is 5.82 Å². The first kappa shape index (κ1) is 18.5. The van der Waals surface area contributed by atoms with Gasteiger partial charge >= 0.3 is 0 Å². The molecular weight excluding hydrogens is 363 g/mol. The Balaban J connectivity index is 1.44. The van der Waals surface area contributed by atoms with Crippen LogP contribution in [0.2, 0.25) is 0 Å². The maximum absolute atomic E-state index is 13.9. The van der Waals surface area contributed by atoms with Crippen molar-refractivity contribution in [2.75, 3.05) is 62.3 Å². The molecule has 2 aromatic rings. The zero-order valence-corrected chi connectivity index (χ0v) is 15.8.